The molecule has 0 aliphatic rings. The molecule has 1 aromatic rings. The second kappa shape index (κ2) is 6.14. The van der Waals surface area contributed by atoms with Gasteiger partial charge in [0.05, 0.1) is 9.79 Å². The smallest absolute Gasteiger partial charge is 0.744 e. The Morgan fingerprint density at radius 3 is 1.63 bits per heavy atom. The maximum atomic E-state index is 10.8. The molecular formula is C6H5KO9S3. The first-order valence-corrected chi connectivity index (χ1v) is 8.17. The molecule has 13 heteroatoms. The van der Waals surface area contributed by atoms with Crippen LogP contribution in [-0.2, 0) is 30.4 Å². The summed E-state index contributed by atoms with van der Waals surface area (Å²) in [5.41, 5.74) is 0. The van der Waals surface area contributed by atoms with Crippen molar-refractivity contribution in [3.63, 3.8) is 0 Å². The third-order valence-corrected chi connectivity index (χ3v) is 4.53. The summed E-state index contributed by atoms with van der Waals surface area (Å²) in [4.78, 5) is -3.74. The van der Waals surface area contributed by atoms with Gasteiger partial charge in [-0.15, -0.1) is 0 Å². The molecule has 0 aromatic heterocycles. The minimum atomic E-state index is -5.36. The van der Waals surface area contributed by atoms with E-state index in [4.69, 9.17) is 9.11 Å². The van der Waals surface area contributed by atoms with Crippen molar-refractivity contribution in [2.75, 3.05) is 0 Å². The summed E-state index contributed by atoms with van der Waals surface area (Å²) in [7, 11) is -15.2. The van der Waals surface area contributed by atoms with Crippen LogP contribution in [0.4, 0.5) is 0 Å². The molecule has 0 fully saturated rings. The van der Waals surface area contributed by atoms with Gasteiger partial charge in [-0.3, -0.25) is 9.11 Å². The Bertz CT molecular complexity index is 790. The summed E-state index contributed by atoms with van der Waals surface area (Å²) in [6, 6.07) is 1.04. The molecular weight excluding hydrogens is 351 g/mol. The van der Waals surface area contributed by atoms with Crippen LogP contribution in [0.2, 0.25) is 0 Å². The minimum Gasteiger partial charge on any atom is -0.744 e. The maximum absolute atomic E-state index is 10.8. The van der Waals surface area contributed by atoms with Gasteiger partial charge in [-0.1, -0.05) is 0 Å². The molecule has 0 atom stereocenters. The van der Waals surface area contributed by atoms with Crippen molar-refractivity contribution < 1.29 is 90.3 Å². The van der Waals surface area contributed by atoms with Crippen LogP contribution in [0, 0.1) is 0 Å². The van der Waals surface area contributed by atoms with Gasteiger partial charge in [-0.25, -0.2) is 8.42 Å². The molecule has 0 radical (unpaired) electrons. The molecule has 0 aliphatic carbocycles. The van der Waals surface area contributed by atoms with E-state index in [0.717, 1.165) is 0 Å². The van der Waals surface area contributed by atoms with E-state index in [9.17, 15) is 29.8 Å². The standard InChI is InChI=1S/C6H6O9S3.K/c7-16(8,9)4-1-2-5(17(10,11)12)6(3-4)18(13,14)15;/h1-3H,(H,7,8,9)(H,10,11,12)(H,13,14,15);/q;+1/p-1. The second-order valence-electron chi connectivity index (χ2n) is 3.01. The summed E-state index contributed by atoms with van der Waals surface area (Å²) in [6.07, 6.45) is 0. The normalized spacial score (nSPS) is 12.8. The number of rotatable bonds is 3. The molecule has 0 saturated carbocycles. The molecule has 0 bridgehead atoms. The summed E-state index contributed by atoms with van der Waals surface area (Å²) in [5.74, 6) is 0. The molecule has 0 spiro atoms. The molecule has 9 nitrogen and oxygen atoms in total. The zero-order valence-electron chi connectivity index (χ0n) is 9.21. The van der Waals surface area contributed by atoms with Crippen LogP contribution >= 0.6 is 0 Å². The fourth-order valence-corrected chi connectivity index (χ4v) is 3.40. The Morgan fingerprint density at radius 2 is 1.32 bits per heavy atom. The quantitative estimate of drug-likeness (QED) is 0.406. The topological polar surface area (TPSA) is 166 Å². The predicted molar refractivity (Wildman–Crippen MR) is 54.0 cm³/mol. The zero-order chi connectivity index (χ0) is 14.4. The molecule has 1 rings (SSSR count). The van der Waals surface area contributed by atoms with E-state index in [1.165, 1.54) is 0 Å². The van der Waals surface area contributed by atoms with E-state index < -0.39 is 45.0 Å². The third kappa shape index (κ3) is 5.13. The molecule has 1 aromatic carbocycles. The SMILES string of the molecule is O=S(=O)([O-])c1cc(S(=O)(=O)O)ccc1S(=O)(=O)O.[K+]. The number of hydrogen-bond donors (Lipinski definition) is 2. The van der Waals surface area contributed by atoms with Gasteiger partial charge < -0.3 is 4.55 Å². The molecule has 0 heterocycles. The van der Waals surface area contributed by atoms with E-state index in [0.29, 0.717) is 12.1 Å². The first-order chi connectivity index (χ1) is 7.83. The Labute approximate surface area is 151 Å². The predicted octanol–water partition coefficient (Wildman–Crippen LogP) is -3.91. The van der Waals surface area contributed by atoms with E-state index in [1.807, 2.05) is 0 Å². The Morgan fingerprint density at radius 1 is 0.842 bits per heavy atom. The Kier molecular flexibility index (Phi) is 6.33. The molecule has 0 unspecified atom stereocenters. The summed E-state index contributed by atoms with van der Waals surface area (Å²) in [6.45, 7) is 0. The second-order valence-corrected chi connectivity index (χ2v) is 7.17. The van der Waals surface area contributed by atoms with Gasteiger partial charge in [0.2, 0.25) is 0 Å². The van der Waals surface area contributed by atoms with Crippen molar-refractivity contribution in [3.8, 4) is 0 Å². The number of hydrogen-bond acceptors (Lipinski definition) is 7. The summed E-state index contributed by atoms with van der Waals surface area (Å²) < 4.78 is 92.7. The average molecular weight is 356 g/mol. The van der Waals surface area contributed by atoms with E-state index in [-0.39, 0.29) is 57.5 Å². The van der Waals surface area contributed by atoms with Crippen molar-refractivity contribution in [1.82, 2.24) is 0 Å². The Hall–Kier alpha value is 0.586. The zero-order valence-corrected chi connectivity index (χ0v) is 14.8. The van der Waals surface area contributed by atoms with Gasteiger partial charge >= 0.3 is 51.4 Å². The van der Waals surface area contributed by atoms with E-state index in [1.54, 1.807) is 0 Å². The van der Waals surface area contributed by atoms with E-state index >= 15 is 0 Å². The Balaban J connectivity index is 0.00000324. The van der Waals surface area contributed by atoms with Crippen LogP contribution in [0.25, 0.3) is 0 Å². The number of benzene rings is 1. The van der Waals surface area contributed by atoms with Crippen LogP contribution < -0.4 is 51.4 Å². The fourth-order valence-electron chi connectivity index (χ4n) is 1.06. The maximum Gasteiger partial charge on any atom is 1.00 e. The molecule has 0 amide bonds. The molecule has 0 aliphatic heterocycles. The van der Waals surface area contributed by atoms with Gasteiger partial charge in [-0.05, 0) is 18.2 Å². The third-order valence-electron chi connectivity index (χ3n) is 1.76. The molecule has 19 heavy (non-hydrogen) atoms. The largest absolute Gasteiger partial charge is 1.00 e. The first kappa shape index (κ1) is 19.6. The van der Waals surface area contributed by atoms with Gasteiger partial charge in [0.1, 0.15) is 15.0 Å². The van der Waals surface area contributed by atoms with Crippen molar-refractivity contribution in [2.24, 2.45) is 0 Å². The van der Waals surface area contributed by atoms with Crippen LogP contribution in [0.1, 0.15) is 0 Å². The van der Waals surface area contributed by atoms with Crippen LogP contribution in [-0.4, -0.2) is 38.9 Å². The van der Waals surface area contributed by atoms with Crippen molar-refractivity contribution in [2.45, 2.75) is 14.7 Å². The van der Waals surface area contributed by atoms with Crippen molar-refractivity contribution >= 4 is 30.4 Å². The van der Waals surface area contributed by atoms with Gasteiger partial charge in [0.25, 0.3) is 20.2 Å². The molecule has 0 saturated heterocycles. The average Bonchev–Trinajstić information content (AvgIpc) is 2.12. The summed E-state index contributed by atoms with van der Waals surface area (Å²) >= 11 is 0. The van der Waals surface area contributed by atoms with Crippen LogP contribution in [0.5, 0.6) is 0 Å². The molecule has 102 valence electrons. The van der Waals surface area contributed by atoms with Crippen molar-refractivity contribution in [1.29, 1.82) is 0 Å². The first-order valence-electron chi connectivity index (χ1n) is 3.88. The summed E-state index contributed by atoms with van der Waals surface area (Å²) in [5, 5.41) is 0. The van der Waals surface area contributed by atoms with Gasteiger partial charge in [-0.2, -0.15) is 16.8 Å². The minimum absolute atomic E-state index is 0. The molecule has 2 N–H and O–H groups in total. The van der Waals surface area contributed by atoms with Gasteiger partial charge in [0, 0.05) is 0 Å². The van der Waals surface area contributed by atoms with Crippen molar-refractivity contribution in [3.05, 3.63) is 18.2 Å². The van der Waals surface area contributed by atoms with E-state index in [2.05, 4.69) is 0 Å². The van der Waals surface area contributed by atoms with Gasteiger partial charge in [0.15, 0.2) is 0 Å². The van der Waals surface area contributed by atoms with Crippen LogP contribution in [0.3, 0.4) is 0 Å². The monoisotopic (exact) mass is 356 g/mol. The fraction of sp³-hybridized carbons (Fsp3) is 0. The van der Waals surface area contributed by atoms with Crippen LogP contribution in [0.15, 0.2) is 32.9 Å².